The molecule has 3 aromatic carbocycles. The second-order valence-electron chi connectivity index (χ2n) is 7.39. The number of rotatable bonds is 6. The van der Waals surface area contributed by atoms with E-state index < -0.39 is 0 Å². The normalized spacial score (nSPS) is 11.4. The highest BCUT2D eigenvalue weighted by atomic mass is 16.5. The van der Waals surface area contributed by atoms with Crippen LogP contribution in [-0.2, 0) is 6.61 Å². The smallest absolute Gasteiger partial charge is 0.161 e. The van der Waals surface area contributed by atoms with Crippen molar-refractivity contribution in [2.24, 2.45) is 0 Å². The number of fused-ring (bicyclic) bond motifs is 1. The molecule has 5 nitrogen and oxygen atoms in total. The molecule has 4 aromatic rings. The lowest BCUT2D eigenvalue weighted by Crippen LogP contribution is -1.97. The van der Waals surface area contributed by atoms with Crippen molar-refractivity contribution in [2.45, 2.75) is 20.5 Å². The number of aryl methyl sites for hydroxylation is 2. The highest BCUT2D eigenvalue weighted by molar-refractivity contribution is 5.90. The largest absolute Gasteiger partial charge is 0.493 e. The van der Waals surface area contributed by atoms with Crippen molar-refractivity contribution in [1.82, 2.24) is 9.97 Å². The summed E-state index contributed by atoms with van der Waals surface area (Å²) in [6, 6.07) is 21.9. The van der Waals surface area contributed by atoms with Crippen LogP contribution in [0, 0.1) is 25.2 Å². The van der Waals surface area contributed by atoms with Gasteiger partial charge in [0.05, 0.1) is 23.7 Å². The van der Waals surface area contributed by atoms with E-state index in [9.17, 15) is 5.26 Å². The molecule has 0 radical (unpaired) electrons. The molecule has 0 atom stereocenters. The molecular formula is C26H23N3O2. The van der Waals surface area contributed by atoms with Gasteiger partial charge in [-0.2, -0.15) is 5.26 Å². The van der Waals surface area contributed by atoms with Gasteiger partial charge in [0, 0.05) is 0 Å². The summed E-state index contributed by atoms with van der Waals surface area (Å²) >= 11 is 0. The van der Waals surface area contributed by atoms with E-state index in [0.29, 0.717) is 29.5 Å². The first-order chi connectivity index (χ1) is 15.1. The molecule has 0 fully saturated rings. The fraction of sp³-hybridized carbons (Fsp3) is 0.154. The number of nitrogens with zero attached hydrogens (tertiary/aromatic N) is 2. The maximum atomic E-state index is 9.73. The second kappa shape index (κ2) is 8.76. The minimum atomic E-state index is 0.450. The first kappa shape index (κ1) is 20.2. The Morgan fingerprint density at radius 2 is 1.81 bits per heavy atom. The summed E-state index contributed by atoms with van der Waals surface area (Å²) < 4.78 is 11.4. The van der Waals surface area contributed by atoms with Gasteiger partial charge in [-0.1, -0.05) is 36.4 Å². The van der Waals surface area contributed by atoms with E-state index in [1.54, 1.807) is 13.2 Å². The Morgan fingerprint density at radius 3 is 2.55 bits per heavy atom. The SMILES string of the molecule is COc1cc(/C=C(\C#N)c2nc3cc(C)c(C)cc3[nH]2)ccc1OCc1ccccc1. The summed E-state index contributed by atoms with van der Waals surface area (Å²) in [7, 11) is 1.60. The van der Waals surface area contributed by atoms with Crippen LogP contribution in [0.5, 0.6) is 11.5 Å². The number of ether oxygens (including phenoxy) is 2. The average Bonchev–Trinajstić information content (AvgIpc) is 3.19. The fourth-order valence-electron chi connectivity index (χ4n) is 3.35. The van der Waals surface area contributed by atoms with Gasteiger partial charge in [0.1, 0.15) is 18.5 Å². The number of benzene rings is 3. The molecule has 0 saturated carbocycles. The number of allylic oxidation sites excluding steroid dienone is 1. The zero-order valence-corrected chi connectivity index (χ0v) is 17.8. The molecule has 1 heterocycles. The Kier molecular flexibility index (Phi) is 5.72. The van der Waals surface area contributed by atoms with Crippen LogP contribution < -0.4 is 9.47 Å². The Labute approximate surface area is 181 Å². The van der Waals surface area contributed by atoms with Gasteiger partial charge < -0.3 is 14.5 Å². The molecule has 4 rings (SSSR count). The highest BCUT2D eigenvalue weighted by Crippen LogP contribution is 2.30. The Balaban J connectivity index is 1.61. The van der Waals surface area contributed by atoms with Gasteiger partial charge in [0.25, 0.3) is 0 Å². The van der Waals surface area contributed by atoms with Crippen LogP contribution in [-0.4, -0.2) is 17.1 Å². The van der Waals surface area contributed by atoms with Crippen molar-refractivity contribution < 1.29 is 9.47 Å². The first-order valence-electron chi connectivity index (χ1n) is 10.0. The third-order valence-electron chi connectivity index (χ3n) is 5.21. The lowest BCUT2D eigenvalue weighted by Gasteiger charge is -2.11. The number of hydrogen-bond acceptors (Lipinski definition) is 4. The summed E-state index contributed by atoms with van der Waals surface area (Å²) in [6.45, 7) is 4.57. The van der Waals surface area contributed by atoms with Gasteiger partial charge in [-0.15, -0.1) is 0 Å². The Morgan fingerprint density at radius 1 is 1.03 bits per heavy atom. The topological polar surface area (TPSA) is 70.9 Å². The number of aromatic amines is 1. The van der Waals surface area contributed by atoms with Crippen LogP contribution in [0.4, 0.5) is 0 Å². The minimum absolute atomic E-state index is 0.450. The summed E-state index contributed by atoms with van der Waals surface area (Å²) in [5.74, 6) is 1.81. The van der Waals surface area contributed by atoms with Crippen LogP contribution >= 0.6 is 0 Å². The van der Waals surface area contributed by atoms with E-state index in [0.717, 1.165) is 22.2 Å². The van der Waals surface area contributed by atoms with Gasteiger partial charge in [-0.3, -0.25) is 0 Å². The zero-order chi connectivity index (χ0) is 21.8. The molecule has 0 bridgehead atoms. The Bertz CT molecular complexity index is 1260. The summed E-state index contributed by atoms with van der Waals surface area (Å²) in [5.41, 5.74) is 6.48. The van der Waals surface area contributed by atoms with Crippen LogP contribution in [0.3, 0.4) is 0 Å². The molecule has 0 amide bonds. The lowest BCUT2D eigenvalue weighted by atomic mass is 10.1. The molecule has 154 valence electrons. The average molecular weight is 409 g/mol. The molecule has 0 aliphatic heterocycles. The monoisotopic (exact) mass is 409 g/mol. The summed E-state index contributed by atoms with van der Waals surface area (Å²) in [4.78, 5) is 7.86. The van der Waals surface area contributed by atoms with E-state index in [1.807, 2.05) is 54.6 Å². The van der Waals surface area contributed by atoms with Crippen molar-refractivity contribution >= 4 is 22.7 Å². The quantitative estimate of drug-likeness (QED) is 0.407. The van der Waals surface area contributed by atoms with E-state index in [4.69, 9.17) is 9.47 Å². The zero-order valence-electron chi connectivity index (χ0n) is 17.8. The highest BCUT2D eigenvalue weighted by Gasteiger charge is 2.11. The fourth-order valence-corrected chi connectivity index (χ4v) is 3.35. The van der Waals surface area contributed by atoms with Gasteiger partial charge in [0.15, 0.2) is 11.5 Å². The van der Waals surface area contributed by atoms with Crippen molar-refractivity contribution in [1.29, 1.82) is 5.26 Å². The molecule has 0 aliphatic rings. The number of hydrogen-bond donors (Lipinski definition) is 1. The summed E-state index contributed by atoms with van der Waals surface area (Å²) in [5, 5.41) is 9.73. The molecule has 1 N–H and O–H groups in total. The number of aromatic nitrogens is 2. The van der Waals surface area contributed by atoms with Gasteiger partial charge in [-0.05, 0) is 66.4 Å². The molecule has 0 saturated heterocycles. The number of imidazole rings is 1. The van der Waals surface area contributed by atoms with Crippen LogP contribution in [0.25, 0.3) is 22.7 Å². The number of methoxy groups -OCH3 is 1. The Hall–Kier alpha value is -4.04. The van der Waals surface area contributed by atoms with Crippen LogP contribution in [0.1, 0.15) is 28.1 Å². The van der Waals surface area contributed by atoms with E-state index in [-0.39, 0.29) is 0 Å². The van der Waals surface area contributed by atoms with E-state index >= 15 is 0 Å². The number of H-pyrrole nitrogens is 1. The van der Waals surface area contributed by atoms with Gasteiger partial charge in [-0.25, -0.2) is 4.98 Å². The predicted molar refractivity (Wildman–Crippen MR) is 123 cm³/mol. The van der Waals surface area contributed by atoms with Gasteiger partial charge in [0.2, 0.25) is 0 Å². The molecule has 1 aromatic heterocycles. The molecule has 5 heteroatoms. The maximum absolute atomic E-state index is 9.73. The molecule has 0 spiro atoms. The van der Waals surface area contributed by atoms with Crippen molar-refractivity contribution in [2.75, 3.05) is 7.11 Å². The van der Waals surface area contributed by atoms with Crippen molar-refractivity contribution in [3.05, 3.63) is 88.7 Å². The summed E-state index contributed by atoms with van der Waals surface area (Å²) in [6.07, 6.45) is 1.79. The maximum Gasteiger partial charge on any atom is 0.161 e. The van der Waals surface area contributed by atoms with E-state index in [2.05, 4.69) is 36.0 Å². The molecule has 31 heavy (non-hydrogen) atoms. The third-order valence-corrected chi connectivity index (χ3v) is 5.21. The molecular weight excluding hydrogens is 386 g/mol. The molecule has 0 aliphatic carbocycles. The van der Waals surface area contributed by atoms with Crippen LogP contribution in [0.15, 0.2) is 60.7 Å². The van der Waals surface area contributed by atoms with E-state index in [1.165, 1.54) is 11.1 Å². The lowest BCUT2D eigenvalue weighted by molar-refractivity contribution is 0.284. The molecule has 0 unspecified atom stereocenters. The number of nitriles is 1. The first-order valence-corrected chi connectivity index (χ1v) is 10.0. The minimum Gasteiger partial charge on any atom is -0.493 e. The van der Waals surface area contributed by atoms with Crippen molar-refractivity contribution in [3.63, 3.8) is 0 Å². The standard InChI is InChI=1S/C26H23N3O2/c1-17-11-22-23(12-18(17)2)29-26(28-22)21(15-27)13-20-9-10-24(25(14-20)30-3)31-16-19-7-5-4-6-8-19/h4-14H,16H2,1-3H3,(H,28,29)/b21-13+. The van der Waals surface area contributed by atoms with Gasteiger partial charge >= 0.3 is 0 Å². The third kappa shape index (κ3) is 4.44. The van der Waals surface area contributed by atoms with Crippen molar-refractivity contribution in [3.8, 4) is 17.6 Å². The number of nitrogens with one attached hydrogen (secondary N) is 1. The predicted octanol–water partition coefficient (Wildman–Crippen LogP) is 5.83. The second-order valence-corrected chi connectivity index (χ2v) is 7.39. The van der Waals surface area contributed by atoms with Crippen LogP contribution in [0.2, 0.25) is 0 Å².